The van der Waals surface area contributed by atoms with Gasteiger partial charge in [-0.2, -0.15) is 0 Å². The third-order valence-corrected chi connectivity index (χ3v) is 3.30. The van der Waals surface area contributed by atoms with Crippen LogP contribution in [0.15, 0.2) is 18.2 Å². The van der Waals surface area contributed by atoms with Gasteiger partial charge in [-0.25, -0.2) is 0 Å². The van der Waals surface area contributed by atoms with Crippen LogP contribution in [-0.4, -0.2) is 18.6 Å². The fourth-order valence-electron chi connectivity index (χ4n) is 2.55. The van der Waals surface area contributed by atoms with E-state index in [0.717, 1.165) is 18.4 Å². The van der Waals surface area contributed by atoms with Crippen LogP contribution in [0.1, 0.15) is 37.3 Å². The highest BCUT2D eigenvalue weighted by Crippen LogP contribution is 2.39. The molecule has 1 aliphatic heterocycles. The van der Waals surface area contributed by atoms with Crippen molar-refractivity contribution in [3.8, 4) is 0 Å². The number of carbonyl (C=O) groups is 1. The number of ether oxygens (including phenoxy) is 1. The molecule has 1 aromatic carbocycles. The molecule has 2 unspecified atom stereocenters. The van der Waals surface area contributed by atoms with Crippen molar-refractivity contribution in [1.82, 2.24) is 0 Å². The first-order chi connectivity index (χ1) is 8.04. The fraction of sp³-hybridized carbons (Fsp3) is 0.500. The zero-order chi connectivity index (χ0) is 12.5. The van der Waals surface area contributed by atoms with E-state index in [1.54, 1.807) is 0 Å². The Bertz CT molecular complexity index is 430. The molecule has 0 amide bonds. The molecule has 2 rings (SSSR count). The summed E-state index contributed by atoms with van der Waals surface area (Å²) in [5, 5.41) is 3.38. The molecule has 17 heavy (non-hydrogen) atoms. The molecular weight excluding hydrogens is 214 g/mol. The molecule has 0 spiro atoms. The molecule has 0 bridgehead atoms. The lowest BCUT2D eigenvalue weighted by atomic mass is 9.86. The Labute approximate surface area is 102 Å². The normalized spacial score (nSPS) is 27.1. The predicted octanol–water partition coefficient (Wildman–Crippen LogP) is 2.85. The first-order valence-corrected chi connectivity index (χ1v) is 6.00. The molecule has 0 aromatic heterocycles. The lowest BCUT2D eigenvalue weighted by Crippen LogP contribution is -2.42. The second kappa shape index (κ2) is 4.49. The van der Waals surface area contributed by atoms with Crippen LogP contribution in [0.25, 0.3) is 0 Å². The van der Waals surface area contributed by atoms with E-state index >= 15 is 0 Å². The number of benzene rings is 1. The number of aryl methyl sites for hydroxylation is 1. The summed E-state index contributed by atoms with van der Waals surface area (Å²) in [6.45, 7) is 6.43. The minimum Gasteiger partial charge on any atom is -0.358 e. The van der Waals surface area contributed by atoms with Crippen molar-refractivity contribution in [2.45, 2.75) is 38.8 Å². The van der Waals surface area contributed by atoms with Crippen LogP contribution in [0, 0.1) is 6.92 Å². The summed E-state index contributed by atoms with van der Waals surface area (Å²) in [5.41, 5.74) is 3.28. The third-order valence-electron chi connectivity index (χ3n) is 3.30. The number of hydrogen-bond acceptors (Lipinski definition) is 3. The van der Waals surface area contributed by atoms with Gasteiger partial charge in [-0.1, -0.05) is 24.6 Å². The van der Waals surface area contributed by atoms with E-state index in [0.29, 0.717) is 5.92 Å². The number of rotatable bonds is 3. The molecule has 0 fully saturated rings. The molecule has 1 aromatic rings. The lowest BCUT2D eigenvalue weighted by molar-refractivity contribution is -0.117. The van der Waals surface area contributed by atoms with Crippen LogP contribution in [0.5, 0.6) is 0 Å². The summed E-state index contributed by atoms with van der Waals surface area (Å²) in [6.07, 6.45) is 1.67. The maximum atomic E-state index is 10.4. The summed E-state index contributed by atoms with van der Waals surface area (Å²) >= 11 is 0. The van der Waals surface area contributed by atoms with E-state index < -0.39 is 5.72 Å². The third kappa shape index (κ3) is 2.50. The Morgan fingerprint density at radius 3 is 3.06 bits per heavy atom. The predicted molar refractivity (Wildman–Crippen MR) is 68.3 cm³/mol. The first-order valence-electron chi connectivity index (χ1n) is 6.00. The molecule has 0 radical (unpaired) electrons. The van der Waals surface area contributed by atoms with Crippen LogP contribution in [-0.2, 0) is 9.53 Å². The van der Waals surface area contributed by atoms with Gasteiger partial charge in [0.25, 0.3) is 0 Å². The van der Waals surface area contributed by atoms with Gasteiger partial charge < -0.3 is 14.8 Å². The van der Waals surface area contributed by atoms with Gasteiger partial charge in [-0.3, -0.25) is 0 Å². The summed E-state index contributed by atoms with van der Waals surface area (Å²) < 4.78 is 5.60. The smallest absolute Gasteiger partial charge is 0.145 e. The van der Waals surface area contributed by atoms with Crippen molar-refractivity contribution in [2.75, 3.05) is 11.9 Å². The number of fused-ring (bicyclic) bond motifs is 1. The van der Waals surface area contributed by atoms with Crippen LogP contribution in [0.2, 0.25) is 0 Å². The molecule has 1 aliphatic rings. The molecule has 0 saturated heterocycles. The van der Waals surface area contributed by atoms with Crippen molar-refractivity contribution < 1.29 is 9.53 Å². The quantitative estimate of drug-likeness (QED) is 0.816. The Morgan fingerprint density at radius 1 is 1.59 bits per heavy atom. The zero-order valence-electron chi connectivity index (χ0n) is 10.6. The lowest BCUT2D eigenvalue weighted by Gasteiger charge is -2.39. The number of anilines is 1. The van der Waals surface area contributed by atoms with Crippen molar-refractivity contribution >= 4 is 12.0 Å². The standard InChI is InChI=1S/C14H19NO2/c1-10-4-5-13-12(8-10)11(2)9-14(3,15-13)17-7-6-16/h4-6,8,11,15H,7,9H2,1-3H3. The Balaban J connectivity index is 2.26. The maximum absolute atomic E-state index is 10.4. The maximum Gasteiger partial charge on any atom is 0.145 e. The highest BCUT2D eigenvalue weighted by Gasteiger charge is 2.33. The largest absolute Gasteiger partial charge is 0.358 e. The molecule has 2 atom stereocenters. The minimum absolute atomic E-state index is 0.136. The van der Waals surface area contributed by atoms with Gasteiger partial charge >= 0.3 is 0 Å². The summed E-state index contributed by atoms with van der Waals surface area (Å²) in [6, 6.07) is 6.39. The Kier molecular flexibility index (Phi) is 3.20. The number of hydrogen-bond donors (Lipinski definition) is 1. The van der Waals surface area contributed by atoms with Gasteiger partial charge in [-0.15, -0.1) is 0 Å². The summed E-state index contributed by atoms with van der Waals surface area (Å²) in [5.74, 6) is 0.433. The monoisotopic (exact) mass is 233 g/mol. The van der Waals surface area contributed by atoms with E-state index in [1.165, 1.54) is 11.1 Å². The Hall–Kier alpha value is -1.35. The van der Waals surface area contributed by atoms with Gasteiger partial charge in [0.05, 0.1) is 0 Å². The second-order valence-corrected chi connectivity index (χ2v) is 5.03. The van der Waals surface area contributed by atoms with Gasteiger partial charge in [0.1, 0.15) is 18.6 Å². The number of aldehydes is 1. The molecule has 3 nitrogen and oxygen atoms in total. The number of nitrogens with one attached hydrogen (secondary N) is 1. The van der Waals surface area contributed by atoms with Crippen molar-refractivity contribution in [1.29, 1.82) is 0 Å². The first kappa shape index (κ1) is 12.1. The van der Waals surface area contributed by atoms with Crippen LogP contribution < -0.4 is 5.32 Å². The summed E-state index contributed by atoms with van der Waals surface area (Å²) in [4.78, 5) is 10.4. The van der Waals surface area contributed by atoms with Gasteiger partial charge in [0.2, 0.25) is 0 Å². The highest BCUT2D eigenvalue weighted by atomic mass is 16.5. The topological polar surface area (TPSA) is 38.3 Å². The van der Waals surface area contributed by atoms with Crippen molar-refractivity contribution in [3.05, 3.63) is 29.3 Å². The van der Waals surface area contributed by atoms with E-state index in [4.69, 9.17) is 4.74 Å². The second-order valence-electron chi connectivity index (χ2n) is 5.03. The van der Waals surface area contributed by atoms with Crippen LogP contribution in [0.3, 0.4) is 0 Å². The number of carbonyl (C=O) groups excluding carboxylic acids is 1. The molecule has 0 aliphatic carbocycles. The SMILES string of the molecule is Cc1ccc2c(c1)C(C)CC(C)(OCC=O)N2. The molecule has 0 saturated carbocycles. The molecule has 92 valence electrons. The molecular formula is C14H19NO2. The average molecular weight is 233 g/mol. The molecule has 1 N–H and O–H groups in total. The van der Waals surface area contributed by atoms with Gasteiger partial charge in [-0.05, 0) is 31.4 Å². The van der Waals surface area contributed by atoms with E-state index in [9.17, 15) is 4.79 Å². The zero-order valence-corrected chi connectivity index (χ0v) is 10.6. The minimum atomic E-state index is -0.442. The fourth-order valence-corrected chi connectivity index (χ4v) is 2.55. The van der Waals surface area contributed by atoms with Gasteiger partial charge in [0.15, 0.2) is 0 Å². The molecule has 3 heteroatoms. The average Bonchev–Trinajstić information content (AvgIpc) is 2.28. The van der Waals surface area contributed by atoms with E-state index in [1.807, 2.05) is 6.92 Å². The highest BCUT2D eigenvalue weighted by molar-refractivity contribution is 5.58. The van der Waals surface area contributed by atoms with Gasteiger partial charge in [0, 0.05) is 12.1 Å². The van der Waals surface area contributed by atoms with Crippen LogP contribution >= 0.6 is 0 Å². The molecule has 1 heterocycles. The summed E-state index contributed by atoms with van der Waals surface area (Å²) in [7, 11) is 0. The van der Waals surface area contributed by atoms with Crippen molar-refractivity contribution in [2.24, 2.45) is 0 Å². The van der Waals surface area contributed by atoms with E-state index in [-0.39, 0.29) is 6.61 Å². The van der Waals surface area contributed by atoms with E-state index in [2.05, 4.69) is 37.4 Å². The van der Waals surface area contributed by atoms with Crippen LogP contribution in [0.4, 0.5) is 5.69 Å². The van der Waals surface area contributed by atoms with Crippen molar-refractivity contribution in [3.63, 3.8) is 0 Å². The Morgan fingerprint density at radius 2 is 2.35 bits per heavy atom.